The summed E-state index contributed by atoms with van der Waals surface area (Å²) in [5.74, 6) is -0.490. The fraction of sp³-hybridized carbons (Fsp3) is 0. The molecule has 0 saturated carbocycles. The van der Waals surface area contributed by atoms with Crippen LogP contribution in [0, 0.1) is 10.1 Å². The van der Waals surface area contributed by atoms with Gasteiger partial charge in [-0.05, 0) is 34.1 Å². The van der Waals surface area contributed by atoms with Crippen LogP contribution in [-0.2, 0) is 0 Å². The minimum atomic E-state index is -0.581. The van der Waals surface area contributed by atoms with E-state index >= 15 is 0 Å². The first-order valence-electron chi connectivity index (χ1n) is 5.06. The number of rotatable bonds is 3. The predicted octanol–water partition coefficient (Wildman–Crippen LogP) is 3.59. The quantitative estimate of drug-likeness (QED) is 0.659. The summed E-state index contributed by atoms with van der Waals surface area (Å²) in [7, 11) is 0. The van der Waals surface area contributed by atoms with E-state index in [2.05, 4.69) is 26.2 Å². The maximum Gasteiger partial charge on any atom is 0.287 e. The molecule has 0 aliphatic carbocycles. The molecule has 0 fully saturated rings. The Morgan fingerprint density at radius 2 is 2.16 bits per heavy atom. The lowest BCUT2D eigenvalue weighted by Gasteiger charge is -2.06. The van der Waals surface area contributed by atoms with Gasteiger partial charge in [0, 0.05) is 15.6 Å². The lowest BCUT2D eigenvalue weighted by Crippen LogP contribution is -2.12. The van der Waals surface area contributed by atoms with Gasteiger partial charge in [-0.3, -0.25) is 14.9 Å². The minimum Gasteiger partial charge on any atom is -0.351 e. The van der Waals surface area contributed by atoms with Crippen LogP contribution in [-0.4, -0.2) is 15.8 Å². The molecule has 0 saturated heterocycles. The first-order valence-corrected chi connectivity index (χ1v) is 6.23. The molecule has 1 amide bonds. The van der Waals surface area contributed by atoms with E-state index in [4.69, 9.17) is 11.6 Å². The number of nitrogens with zero attached hydrogens (tertiary/aromatic N) is 1. The van der Waals surface area contributed by atoms with Gasteiger partial charge in [0.25, 0.3) is 11.6 Å². The number of halogens is 2. The molecule has 1 aromatic carbocycles. The average Bonchev–Trinajstić information content (AvgIpc) is 2.83. The van der Waals surface area contributed by atoms with E-state index in [1.165, 1.54) is 0 Å². The van der Waals surface area contributed by atoms with Crippen molar-refractivity contribution < 1.29 is 9.72 Å². The summed E-state index contributed by atoms with van der Waals surface area (Å²) >= 11 is 9.09. The van der Waals surface area contributed by atoms with Crippen molar-refractivity contribution in [1.29, 1.82) is 0 Å². The van der Waals surface area contributed by atoms with Crippen LogP contribution in [0.4, 0.5) is 11.4 Å². The van der Waals surface area contributed by atoms with E-state index in [9.17, 15) is 14.9 Å². The number of hydrogen-bond donors (Lipinski definition) is 2. The third kappa shape index (κ3) is 3.12. The van der Waals surface area contributed by atoms with Gasteiger partial charge in [0.15, 0.2) is 0 Å². The van der Waals surface area contributed by atoms with E-state index < -0.39 is 10.8 Å². The van der Waals surface area contributed by atoms with Gasteiger partial charge in [-0.2, -0.15) is 0 Å². The molecule has 0 bridgehead atoms. The maximum atomic E-state index is 11.9. The van der Waals surface area contributed by atoms with Crippen LogP contribution in [0.2, 0.25) is 5.02 Å². The predicted molar refractivity (Wildman–Crippen MR) is 74.6 cm³/mol. The molecule has 0 radical (unpaired) electrons. The zero-order valence-electron chi connectivity index (χ0n) is 9.31. The molecule has 2 N–H and O–H groups in total. The zero-order valence-corrected chi connectivity index (χ0v) is 11.7. The lowest BCUT2D eigenvalue weighted by atomic mass is 10.3. The highest BCUT2D eigenvalue weighted by molar-refractivity contribution is 9.10. The van der Waals surface area contributed by atoms with Gasteiger partial charge in [0.05, 0.1) is 16.8 Å². The lowest BCUT2D eigenvalue weighted by molar-refractivity contribution is -0.384. The third-order valence-corrected chi connectivity index (χ3v) is 3.23. The van der Waals surface area contributed by atoms with Gasteiger partial charge in [-0.1, -0.05) is 11.6 Å². The molecule has 19 heavy (non-hydrogen) atoms. The van der Waals surface area contributed by atoms with Crippen LogP contribution in [0.25, 0.3) is 0 Å². The Morgan fingerprint density at radius 1 is 1.42 bits per heavy atom. The summed E-state index contributed by atoms with van der Waals surface area (Å²) in [5.41, 5.74) is 0.406. The molecule has 0 spiro atoms. The average molecular weight is 345 g/mol. The van der Waals surface area contributed by atoms with Crippen LogP contribution < -0.4 is 5.32 Å². The Kier molecular flexibility index (Phi) is 3.87. The summed E-state index contributed by atoms with van der Waals surface area (Å²) in [6.45, 7) is 0. The van der Waals surface area contributed by atoms with Crippen molar-refractivity contribution >= 4 is 44.8 Å². The number of carbonyl (C=O) groups excluding carboxylic acids is 1. The third-order valence-electron chi connectivity index (χ3n) is 2.30. The van der Waals surface area contributed by atoms with Gasteiger partial charge < -0.3 is 10.3 Å². The van der Waals surface area contributed by atoms with Crippen molar-refractivity contribution in [2.24, 2.45) is 0 Å². The molecular weight excluding hydrogens is 337 g/mol. The smallest absolute Gasteiger partial charge is 0.287 e. The number of aromatic amines is 1. The molecule has 98 valence electrons. The summed E-state index contributed by atoms with van der Waals surface area (Å²) in [4.78, 5) is 24.4. The molecule has 2 rings (SSSR count). The number of nitro groups is 1. The molecule has 1 aromatic heterocycles. The second-order valence-corrected chi connectivity index (χ2v) is 4.90. The molecule has 8 heteroatoms. The van der Waals surface area contributed by atoms with E-state index in [1.54, 1.807) is 18.2 Å². The van der Waals surface area contributed by atoms with Crippen molar-refractivity contribution in [1.82, 2.24) is 4.98 Å². The van der Waals surface area contributed by atoms with Gasteiger partial charge in [0.1, 0.15) is 5.69 Å². The Hall–Kier alpha value is -1.86. The summed E-state index contributed by atoms with van der Waals surface area (Å²) in [6, 6.07) is 6.09. The topological polar surface area (TPSA) is 88.0 Å². The van der Waals surface area contributed by atoms with E-state index in [1.807, 2.05) is 0 Å². The van der Waals surface area contributed by atoms with Gasteiger partial charge in [0.2, 0.25) is 0 Å². The first-order chi connectivity index (χ1) is 8.97. The summed E-state index contributed by atoms with van der Waals surface area (Å²) in [6.07, 6.45) is 1.15. The van der Waals surface area contributed by atoms with Crippen LogP contribution in [0.1, 0.15) is 10.5 Å². The number of aromatic nitrogens is 1. The van der Waals surface area contributed by atoms with Crippen molar-refractivity contribution in [3.05, 3.63) is 55.8 Å². The molecule has 0 atom stereocenters. The standard InChI is InChI=1S/C11H7BrClN3O3/c12-8-2-1-6(13)3-9(8)15-11(17)10-4-7(5-14-10)16(18)19/h1-5,14H,(H,15,17). The normalized spacial score (nSPS) is 10.2. The fourth-order valence-corrected chi connectivity index (χ4v) is 1.92. The van der Waals surface area contributed by atoms with Crippen molar-refractivity contribution in [3.63, 3.8) is 0 Å². The molecule has 1 heterocycles. The number of anilines is 1. The SMILES string of the molecule is O=C(Nc1cc(Cl)ccc1Br)c1cc([N+](=O)[O-])c[nH]1. The molecule has 2 aromatic rings. The van der Waals surface area contributed by atoms with Crippen LogP contribution >= 0.6 is 27.5 Å². The highest BCUT2D eigenvalue weighted by Crippen LogP contribution is 2.26. The van der Waals surface area contributed by atoms with Gasteiger partial charge >= 0.3 is 0 Å². The van der Waals surface area contributed by atoms with Crippen molar-refractivity contribution in [2.45, 2.75) is 0 Å². The number of H-pyrrole nitrogens is 1. The molecule has 0 unspecified atom stereocenters. The highest BCUT2D eigenvalue weighted by Gasteiger charge is 2.15. The van der Waals surface area contributed by atoms with Crippen LogP contribution in [0.5, 0.6) is 0 Å². The summed E-state index contributed by atoms with van der Waals surface area (Å²) < 4.78 is 0.659. The van der Waals surface area contributed by atoms with E-state index in [0.717, 1.165) is 12.3 Å². The summed E-state index contributed by atoms with van der Waals surface area (Å²) in [5, 5.41) is 13.6. The van der Waals surface area contributed by atoms with Crippen LogP contribution in [0.3, 0.4) is 0 Å². The second kappa shape index (κ2) is 5.41. The number of hydrogen-bond acceptors (Lipinski definition) is 3. The Labute approximate surface area is 121 Å². The first kappa shape index (κ1) is 13.6. The number of benzene rings is 1. The Morgan fingerprint density at radius 3 is 2.79 bits per heavy atom. The monoisotopic (exact) mass is 343 g/mol. The molecule has 6 nitrogen and oxygen atoms in total. The number of nitrogens with one attached hydrogen (secondary N) is 2. The number of amides is 1. The Balaban J connectivity index is 2.20. The maximum absolute atomic E-state index is 11.9. The minimum absolute atomic E-state index is 0.0959. The molecule has 0 aliphatic rings. The zero-order chi connectivity index (χ0) is 14.0. The Bertz CT molecular complexity index is 656. The molecule has 0 aliphatic heterocycles. The van der Waals surface area contributed by atoms with Gasteiger partial charge in [-0.25, -0.2) is 0 Å². The molecular formula is C11H7BrClN3O3. The van der Waals surface area contributed by atoms with Gasteiger partial charge in [-0.15, -0.1) is 0 Å². The number of carbonyl (C=O) groups is 1. The fourth-order valence-electron chi connectivity index (χ4n) is 1.40. The van der Waals surface area contributed by atoms with E-state index in [-0.39, 0.29) is 11.4 Å². The van der Waals surface area contributed by atoms with Crippen molar-refractivity contribution in [3.8, 4) is 0 Å². The van der Waals surface area contributed by atoms with Crippen molar-refractivity contribution in [2.75, 3.05) is 5.32 Å². The van der Waals surface area contributed by atoms with Crippen LogP contribution in [0.15, 0.2) is 34.9 Å². The second-order valence-electron chi connectivity index (χ2n) is 3.61. The van der Waals surface area contributed by atoms with E-state index in [0.29, 0.717) is 15.2 Å². The largest absolute Gasteiger partial charge is 0.351 e. The highest BCUT2D eigenvalue weighted by atomic mass is 79.9.